The smallest absolute Gasteiger partial charge is 0.261 e. The van der Waals surface area contributed by atoms with Crippen LogP contribution in [0, 0.1) is 11.8 Å². The number of nitrogens with one attached hydrogen (secondary N) is 2. The Morgan fingerprint density at radius 2 is 1.85 bits per heavy atom. The number of hydrogen-bond donors (Lipinski definition) is 3. The number of ether oxygens (including phenoxy) is 1. The van der Waals surface area contributed by atoms with Crippen molar-refractivity contribution in [1.82, 2.24) is 25.1 Å². The largest absolute Gasteiger partial charge is 0.404 e. The van der Waals surface area contributed by atoms with Gasteiger partial charge in [-0.05, 0) is 68.0 Å². The third-order valence-electron chi connectivity index (χ3n) is 8.82. The number of hydrogen-bond acceptors (Lipinski definition) is 9. The van der Waals surface area contributed by atoms with Gasteiger partial charge in [-0.3, -0.25) is 9.59 Å². The molecule has 0 bridgehead atoms. The van der Waals surface area contributed by atoms with Crippen LogP contribution in [-0.2, 0) is 16.1 Å². The monoisotopic (exact) mass is 560 g/mol. The summed E-state index contributed by atoms with van der Waals surface area (Å²) < 4.78 is 5.56. The molecule has 0 saturated carbocycles. The molecule has 0 atom stereocenters. The molecule has 4 N–H and O–H groups in total. The number of amides is 2. The Hall–Kier alpha value is -3.54. The van der Waals surface area contributed by atoms with Crippen molar-refractivity contribution in [2.75, 3.05) is 75.8 Å². The molecule has 5 heterocycles. The fraction of sp³-hybridized carbons (Fsp3) is 0.533. The van der Waals surface area contributed by atoms with E-state index in [1.165, 1.54) is 25.6 Å². The summed E-state index contributed by atoms with van der Waals surface area (Å²) in [5, 5.41) is 6.40. The minimum atomic E-state index is -0.394. The maximum absolute atomic E-state index is 13.5. The van der Waals surface area contributed by atoms with Gasteiger partial charge in [0.2, 0.25) is 0 Å². The number of morpholine rings is 1. The lowest BCUT2D eigenvalue weighted by Gasteiger charge is -2.37. The Kier molecular flexibility index (Phi) is 8.45. The average Bonchev–Trinajstić information content (AvgIpc) is 3.29. The standard InChI is InChI=1S/C30H40N8O3/c31-16-25(28-33-5-1-6-34-28)29(39)35-26-14-23-20-38(30(40)24(23)15-27(26)37-10-12-41-13-11-37)9-4-21-2-7-36(8-3-21)19-22-17-32-18-22/h1,5-6,14-16,21-22,32H,2-4,7-13,17-20,31H2,(H,35,39). The van der Waals surface area contributed by atoms with E-state index in [0.29, 0.717) is 44.5 Å². The zero-order valence-electron chi connectivity index (χ0n) is 23.6. The highest BCUT2D eigenvalue weighted by atomic mass is 16.5. The molecule has 0 unspecified atom stereocenters. The number of carbonyl (C=O) groups is 2. The van der Waals surface area contributed by atoms with Crippen LogP contribution in [0.1, 0.15) is 41.0 Å². The van der Waals surface area contributed by atoms with Gasteiger partial charge in [-0.15, -0.1) is 0 Å². The van der Waals surface area contributed by atoms with E-state index < -0.39 is 5.91 Å². The van der Waals surface area contributed by atoms with E-state index in [9.17, 15) is 9.59 Å². The summed E-state index contributed by atoms with van der Waals surface area (Å²) in [5.74, 6) is 1.40. The van der Waals surface area contributed by atoms with Crippen molar-refractivity contribution in [2.24, 2.45) is 17.6 Å². The predicted octanol–water partition coefficient (Wildman–Crippen LogP) is 1.53. The number of aromatic nitrogens is 2. The summed E-state index contributed by atoms with van der Waals surface area (Å²) in [6.45, 7) is 9.69. The number of anilines is 2. The molecular formula is C30H40N8O3. The first-order valence-electron chi connectivity index (χ1n) is 14.8. The van der Waals surface area contributed by atoms with Crippen LogP contribution in [-0.4, -0.2) is 97.2 Å². The maximum Gasteiger partial charge on any atom is 0.261 e. The second-order valence-electron chi connectivity index (χ2n) is 11.5. The molecule has 3 fully saturated rings. The van der Waals surface area contributed by atoms with E-state index in [-0.39, 0.29) is 17.3 Å². The highest BCUT2D eigenvalue weighted by Gasteiger charge is 2.32. The Labute approximate surface area is 241 Å². The summed E-state index contributed by atoms with van der Waals surface area (Å²) >= 11 is 0. The van der Waals surface area contributed by atoms with Gasteiger partial charge in [-0.1, -0.05) is 0 Å². The van der Waals surface area contributed by atoms with Gasteiger partial charge in [-0.25, -0.2) is 9.97 Å². The summed E-state index contributed by atoms with van der Waals surface area (Å²) in [5.41, 5.74) is 9.11. The molecule has 0 spiro atoms. The van der Waals surface area contributed by atoms with Crippen molar-refractivity contribution in [2.45, 2.75) is 25.8 Å². The molecular weight excluding hydrogens is 520 g/mol. The van der Waals surface area contributed by atoms with Crippen molar-refractivity contribution < 1.29 is 14.3 Å². The first-order valence-corrected chi connectivity index (χ1v) is 14.8. The van der Waals surface area contributed by atoms with Gasteiger partial charge in [-0.2, -0.15) is 0 Å². The molecule has 2 aromatic rings. The van der Waals surface area contributed by atoms with Crippen LogP contribution in [0.25, 0.3) is 5.57 Å². The second kappa shape index (κ2) is 12.5. The normalized spacial score (nSPS) is 20.7. The van der Waals surface area contributed by atoms with E-state index in [1.807, 2.05) is 17.0 Å². The Bertz CT molecular complexity index is 1270. The molecule has 1 aromatic heterocycles. The number of fused-ring (bicyclic) bond motifs is 1. The summed E-state index contributed by atoms with van der Waals surface area (Å²) in [6, 6.07) is 5.58. The van der Waals surface area contributed by atoms with Crippen LogP contribution < -0.4 is 21.3 Å². The fourth-order valence-corrected chi connectivity index (χ4v) is 6.28. The topological polar surface area (TPSA) is 129 Å². The molecule has 4 aliphatic heterocycles. The molecule has 1 aromatic carbocycles. The number of likely N-dealkylation sites (tertiary alicyclic amines) is 1. The number of nitrogens with zero attached hydrogens (tertiary/aromatic N) is 5. The van der Waals surface area contributed by atoms with E-state index in [0.717, 1.165) is 61.9 Å². The predicted molar refractivity (Wildman–Crippen MR) is 157 cm³/mol. The van der Waals surface area contributed by atoms with Gasteiger partial charge in [0, 0.05) is 70.0 Å². The third-order valence-corrected chi connectivity index (χ3v) is 8.82. The average molecular weight is 561 g/mol. The highest BCUT2D eigenvalue weighted by molar-refractivity contribution is 6.25. The summed E-state index contributed by atoms with van der Waals surface area (Å²) in [4.78, 5) is 41.9. The van der Waals surface area contributed by atoms with Crippen LogP contribution in [0.4, 0.5) is 11.4 Å². The molecule has 2 amide bonds. The molecule has 218 valence electrons. The van der Waals surface area contributed by atoms with Crippen molar-refractivity contribution in [3.8, 4) is 0 Å². The molecule has 3 saturated heterocycles. The van der Waals surface area contributed by atoms with Crippen LogP contribution in [0.15, 0.2) is 36.8 Å². The van der Waals surface area contributed by atoms with E-state index in [1.54, 1.807) is 18.5 Å². The lowest BCUT2D eigenvalue weighted by atomic mass is 9.92. The molecule has 6 rings (SSSR count). The van der Waals surface area contributed by atoms with Gasteiger partial charge in [0.25, 0.3) is 11.8 Å². The van der Waals surface area contributed by atoms with Crippen molar-refractivity contribution >= 4 is 28.8 Å². The SMILES string of the molecule is NC=C(C(=O)Nc1cc2c(cc1N1CCOCC1)C(=O)N(CCC1CCN(CC3CNC3)CC1)C2)c1ncccn1. The van der Waals surface area contributed by atoms with Gasteiger partial charge < -0.3 is 35.8 Å². The van der Waals surface area contributed by atoms with Crippen LogP contribution >= 0.6 is 0 Å². The number of rotatable bonds is 9. The summed E-state index contributed by atoms with van der Waals surface area (Å²) in [7, 11) is 0. The first kappa shape index (κ1) is 27.6. The molecule has 11 heteroatoms. The van der Waals surface area contributed by atoms with Gasteiger partial charge in [0.15, 0.2) is 5.82 Å². The van der Waals surface area contributed by atoms with Gasteiger partial charge in [0.05, 0.1) is 30.2 Å². The quantitative estimate of drug-likeness (QED) is 0.391. The van der Waals surface area contributed by atoms with Crippen LogP contribution in [0.2, 0.25) is 0 Å². The zero-order chi connectivity index (χ0) is 28.2. The van der Waals surface area contributed by atoms with E-state index in [2.05, 4.69) is 30.4 Å². The minimum absolute atomic E-state index is 0.0718. The Balaban J connectivity index is 1.14. The third kappa shape index (κ3) is 6.22. The van der Waals surface area contributed by atoms with Gasteiger partial charge in [0.1, 0.15) is 0 Å². The number of benzene rings is 1. The number of piperidine rings is 1. The molecule has 4 aliphatic rings. The summed E-state index contributed by atoms with van der Waals surface area (Å²) in [6.07, 6.45) is 7.81. The zero-order valence-corrected chi connectivity index (χ0v) is 23.6. The van der Waals surface area contributed by atoms with E-state index >= 15 is 0 Å². The lowest BCUT2D eigenvalue weighted by Crippen LogP contribution is -2.49. The van der Waals surface area contributed by atoms with Crippen LogP contribution in [0.3, 0.4) is 0 Å². The molecule has 11 nitrogen and oxygen atoms in total. The molecule has 0 radical (unpaired) electrons. The lowest BCUT2D eigenvalue weighted by molar-refractivity contribution is -0.111. The van der Waals surface area contributed by atoms with Crippen LogP contribution in [0.5, 0.6) is 0 Å². The maximum atomic E-state index is 13.5. The highest BCUT2D eigenvalue weighted by Crippen LogP contribution is 2.36. The molecule has 0 aliphatic carbocycles. The minimum Gasteiger partial charge on any atom is -0.404 e. The van der Waals surface area contributed by atoms with Crippen molar-refractivity contribution in [1.29, 1.82) is 0 Å². The number of nitrogens with two attached hydrogens (primary N) is 1. The first-order chi connectivity index (χ1) is 20.1. The van der Waals surface area contributed by atoms with E-state index in [4.69, 9.17) is 10.5 Å². The Morgan fingerprint density at radius 3 is 2.54 bits per heavy atom. The fourth-order valence-electron chi connectivity index (χ4n) is 6.28. The number of carbonyl (C=O) groups excluding carboxylic acids is 2. The van der Waals surface area contributed by atoms with Crippen molar-refractivity contribution in [3.05, 3.63) is 53.7 Å². The molecule has 41 heavy (non-hydrogen) atoms. The Morgan fingerprint density at radius 1 is 1.10 bits per heavy atom. The van der Waals surface area contributed by atoms with Gasteiger partial charge >= 0.3 is 0 Å². The second-order valence-corrected chi connectivity index (χ2v) is 11.5. The van der Waals surface area contributed by atoms with Crippen molar-refractivity contribution in [3.63, 3.8) is 0 Å².